The van der Waals surface area contributed by atoms with E-state index >= 15 is 0 Å². The Morgan fingerprint density at radius 1 is 1.19 bits per heavy atom. The number of para-hydroxylation sites is 1. The van der Waals surface area contributed by atoms with Crippen molar-refractivity contribution in [2.45, 2.75) is 43.9 Å². The summed E-state index contributed by atoms with van der Waals surface area (Å²) in [5.74, 6) is -0.160. The monoisotopic (exact) mass is 515 g/mol. The van der Waals surface area contributed by atoms with Crippen molar-refractivity contribution in [2.75, 3.05) is 6.54 Å². The Balaban J connectivity index is 1.37. The molecular formula is C25H23ClFN3O6. The molecule has 5 atom stereocenters. The molecule has 1 unspecified atom stereocenters. The first-order chi connectivity index (χ1) is 17.3. The number of carbonyl (C=O) groups is 1. The highest BCUT2D eigenvalue weighted by Crippen LogP contribution is 2.45. The summed E-state index contributed by atoms with van der Waals surface area (Å²) < 4.78 is 27.5. The average molecular weight is 516 g/mol. The zero-order valence-corrected chi connectivity index (χ0v) is 19.9. The molecule has 11 heteroatoms. The predicted octanol–water partition coefficient (Wildman–Crippen LogP) is 2.40. The molecule has 2 aliphatic rings. The Hall–Kier alpha value is -3.47. The smallest absolute Gasteiger partial charge is 0.330 e. The van der Waals surface area contributed by atoms with E-state index in [1.165, 1.54) is 6.20 Å². The lowest BCUT2D eigenvalue weighted by molar-refractivity contribution is -0.123. The van der Waals surface area contributed by atoms with E-state index in [9.17, 15) is 23.9 Å². The first-order valence-corrected chi connectivity index (χ1v) is 11.8. The SMILES string of the molecule is CCc1cn([C@@H]2O[C@H](CNC(=O)C3c4ccccc4Oc4ccc(Cl)cc43)[C@@H](O)[C@@H]2F)c(=O)[nH]c1=O. The Kier molecular flexibility index (Phi) is 6.42. The van der Waals surface area contributed by atoms with Gasteiger partial charge in [0.1, 0.15) is 23.7 Å². The van der Waals surface area contributed by atoms with Crippen LogP contribution in [0.1, 0.15) is 35.8 Å². The molecule has 0 spiro atoms. The first-order valence-electron chi connectivity index (χ1n) is 11.4. The minimum Gasteiger partial charge on any atom is -0.457 e. The maximum Gasteiger partial charge on any atom is 0.330 e. The van der Waals surface area contributed by atoms with Crippen LogP contribution < -0.4 is 21.3 Å². The van der Waals surface area contributed by atoms with Gasteiger partial charge in [-0.3, -0.25) is 19.1 Å². The van der Waals surface area contributed by atoms with Crippen LogP contribution in [-0.4, -0.2) is 45.5 Å². The summed E-state index contributed by atoms with van der Waals surface area (Å²) in [6.07, 6.45) is -4.61. The van der Waals surface area contributed by atoms with E-state index in [-0.39, 0.29) is 12.1 Å². The zero-order valence-electron chi connectivity index (χ0n) is 19.1. The van der Waals surface area contributed by atoms with Crippen LogP contribution in [0, 0.1) is 0 Å². The lowest BCUT2D eigenvalue weighted by Crippen LogP contribution is -2.41. The number of aryl methyl sites for hydroxylation is 1. The lowest BCUT2D eigenvalue weighted by Gasteiger charge is -2.28. The summed E-state index contributed by atoms with van der Waals surface area (Å²) in [7, 11) is 0. The number of aliphatic hydroxyl groups excluding tert-OH is 1. The van der Waals surface area contributed by atoms with Gasteiger partial charge in [-0.05, 0) is 30.7 Å². The van der Waals surface area contributed by atoms with E-state index in [1.54, 1.807) is 49.4 Å². The first kappa shape index (κ1) is 24.2. The summed E-state index contributed by atoms with van der Waals surface area (Å²) in [5, 5.41) is 13.6. The number of ether oxygens (including phenoxy) is 2. The van der Waals surface area contributed by atoms with Gasteiger partial charge in [0.25, 0.3) is 5.56 Å². The van der Waals surface area contributed by atoms with E-state index in [0.29, 0.717) is 34.1 Å². The summed E-state index contributed by atoms with van der Waals surface area (Å²) in [6.45, 7) is 1.50. The normalized spacial score (nSPS) is 24.5. The van der Waals surface area contributed by atoms with E-state index in [0.717, 1.165) is 4.57 Å². The Bertz CT molecular complexity index is 1440. The molecule has 5 rings (SSSR count). The maximum absolute atomic E-state index is 15.0. The van der Waals surface area contributed by atoms with Crippen molar-refractivity contribution < 1.29 is 23.8 Å². The highest BCUT2D eigenvalue weighted by molar-refractivity contribution is 6.30. The molecule has 2 aliphatic heterocycles. The third-order valence-electron chi connectivity index (χ3n) is 6.46. The fourth-order valence-electron chi connectivity index (χ4n) is 4.59. The number of aromatic amines is 1. The second-order valence-electron chi connectivity index (χ2n) is 8.67. The third kappa shape index (κ3) is 4.21. The average Bonchev–Trinajstić information content (AvgIpc) is 3.14. The molecule has 0 saturated carbocycles. The van der Waals surface area contributed by atoms with Gasteiger partial charge in [0.2, 0.25) is 5.91 Å². The molecule has 188 valence electrons. The second-order valence-corrected chi connectivity index (χ2v) is 9.11. The number of halogens is 2. The van der Waals surface area contributed by atoms with Crippen molar-refractivity contribution in [3.05, 3.63) is 91.2 Å². The minimum atomic E-state index is -1.96. The molecule has 1 aromatic heterocycles. The van der Waals surface area contributed by atoms with Gasteiger partial charge in [0, 0.05) is 34.5 Å². The number of alkyl halides is 1. The number of amides is 1. The van der Waals surface area contributed by atoms with Gasteiger partial charge in [-0.1, -0.05) is 36.7 Å². The summed E-state index contributed by atoms with van der Waals surface area (Å²) >= 11 is 6.18. The Labute approximate surface area is 209 Å². The Morgan fingerprint density at radius 3 is 2.72 bits per heavy atom. The van der Waals surface area contributed by atoms with Gasteiger partial charge in [-0.15, -0.1) is 0 Å². The standard InChI is InChI=1S/C25H23ClFN3O6/c1-2-12-11-30(25(34)29-22(12)32)24-20(27)21(31)18(36-24)10-28-23(33)19-14-5-3-4-6-16(14)35-17-8-7-13(26)9-15(17)19/h3-9,11,18-21,24,31H,2,10H2,1H3,(H,28,33)(H,29,32,34)/t18-,19?,20+,21-,24-/m1/s1. The molecular weight excluding hydrogens is 493 g/mol. The van der Waals surface area contributed by atoms with Gasteiger partial charge in [0.05, 0.1) is 5.92 Å². The second kappa shape index (κ2) is 9.53. The molecule has 2 aromatic carbocycles. The van der Waals surface area contributed by atoms with Crippen LogP contribution in [0.25, 0.3) is 0 Å². The number of fused-ring (bicyclic) bond motifs is 2. The molecule has 1 saturated heterocycles. The number of hydrogen-bond donors (Lipinski definition) is 3. The largest absolute Gasteiger partial charge is 0.457 e. The van der Waals surface area contributed by atoms with Crippen molar-refractivity contribution in [1.82, 2.24) is 14.9 Å². The fourth-order valence-corrected chi connectivity index (χ4v) is 4.77. The number of benzene rings is 2. The molecule has 9 nitrogen and oxygen atoms in total. The molecule has 0 bridgehead atoms. The quantitative estimate of drug-likeness (QED) is 0.479. The molecule has 36 heavy (non-hydrogen) atoms. The van der Waals surface area contributed by atoms with Crippen molar-refractivity contribution in [2.24, 2.45) is 0 Å². The number of aliphatic hydroxyl groups is 1. The van der Waals surface area contributed by atoms with Crippen molar-refractivity contribution >= 4 is 17.5 Å². The summed E-state index contributed by atoms with van der Waals surface area (Å²) in [5.41, 5.74) is 0.0559. The van der Waals surface area contributed by atoms with Crippen LogP contribution in [0.4, 0.5) is 4.39 Å². The summed E-state index contributed by atoms with van der Waals surface area (Å²) in [4.78, 5) is 39.6. The molecule has 1 amide bonds. The number of carbonyl (C=O) groups excluding carboxylic acids is 1. The van der Waals surface area contributed by atoms with E-state index in [2.05, 4.69) is 10.3 Å². The molecule has 3 N–H and O–H groups in total. The van der Waals surface area contributed by atoms with Crippen LogP contribution in [0.15, 0.2) is 58.3 Å². The van der Waals surface area contributed by atoms with E-state index in [1.807, 2.05) is 0 Å². The topological polar surface area (TPSA) is 123 Å². The van der Waals surface area contributed by atoms with Gasteiger partial charge >= 0.3 is 5.69 Å². The zero-order chi connectivity index (χ0) is 25.6. The number of hydrogen-bond acceptors (Lipinski definition) is 6. The van der Waals surface area contributed by atoms with Crippen LogP contribution >= 0.6 is 11.6 Å². The van der Waals surface area contributed by atoms with Gasteiger partial charge < -0.3 is 19.9 Å². The number of rotatable bonds is 5. The van der Waals surface area contributed by atoms with Crippen molar-refractivity contribution in [3.8, 4) is 11.5 Å². The predicted molar refractivity (Wildman–Crippen MR) is 128 cm³/mol. The molecule has 3 aromatic rings. The van der Waals surface area contributed by atoms with Crippen molar-refractivity contribution in [3.63, 3.8) is 0 Å². The molecule has 1 fully saturated rings. The van der Waals surface area contributed by atoms with E-state index < -0.39 is 47.7 Å². The fraction of sp³-hybridized carbons (Fsp3) is 0.320. The highest BCUT2D eigenvalue weighted by Gasteiger charge is 2.46. The van der Waals surface area contributed by atoms with Gasteiger partial charge in [-0.2, -0.15) is 0 Å². The number of aromatic nitrogens is 2. The Morgan fingerprint density at radius 2 is 1.94 bits per heavy atom. The number of nitrogens with one attached hydrogen (secondary N) is 2. The van der Waals surface area contributed by atoms with Crippen LogP contribution in [0.2, 0.25) is 5.02 Å². The summed E-state index contributed by atoms with van der Waals surface area (Å²) in [6, 6.07) is 12.1. The van der Waals surface area contributed by atoms with Crippen LogP contribution in [-0.2, 0) is 16.0 Å². The number of nitrogens with zero attached hydrogens (tertiary/aromatic N) is 1. The highest BCUT2D eigenvalue weighted by atomic mass is 35.5. The van der Waals surface area contributed by atoms with Crippen molar-refractivity contribution in [1.29, 1.82) is 0 Å². The molecule has 0 aliphatic carbocycles. The maximum atomic E-state index is 15.0. The molecule has 0 radical (unpaired) electrons. The number of H-pyrrole nitrogens is 1. The van der Waals surface area contributed by atoms with E-state index in [4.69, 9.17) is 21.1 Å². The third-order valence-corrected chi connectivity index (χ3v) is 6.70. The van der Waals surface area contributed by atoms with Crippen LogP contribution in [0.3, 0.4) is 0 Å². The van der Waals surface area contributed by atoms with Crippen LogP contribution in [0.5, 0.6) is 11.5 Å². The van der Waals surface area contributed by atoms with Gasteiger partial charge in [-0.25, -0.2) is 9.18 Å². The molecule has 3 heterocycles. The minimum absolute atomic E-state index is 0.217. The lowest BCUT2D eigenvalue weighted by atomic mass is 9.87. The van der Waals surface area contributed by atoms with Gasteiger partial charge in [0.15, 0.2) is 12.4 Å².